The van der Waals surface area contributed by atoms with Crippen LogP contribution in [0.3, 0.4) is 0 Å². The van der Waals surface area contributed by atoms with Gasteiger partial charge in [-0.05, 0) is 35.9 Å². The molecular formula is C15H12ClNO2. The molecule has 0 aliphatic carbocycles. The predicted molar refractivity (Wildman–Crippen MR) is 77.6 cm³/mol. The number of anilines is 1. The zero-order chi connectivity index (χ0) is 13.8. The monoisotopic (exact) mass is 273 g/mol. The molecule has 0 bridgehead atoms. The summed E-state index contributed by atoms with van der Waals surface area (Å²) < 4.78 is 0. The lowest BCUT2D eigenvalue weighted by Gasteiger charge is -2.07. The molecule has 96 valence electrons. The molecule has 0 fully saturated rings. The molecule has 2 aromatic rings. The number of rotatable bonds is 3. The van der Waals surface area contributed by atoms with Crippen LogP contribution < -0.4 is 5.32 Å². The molecule has 2 N–H and O–H groups in total. The number of hydrogen-bond acceptors (Lipinski definition) is 2. The lowest BCUT2D eigenvalue weighted by molar-refractivity contribution is 0.102. The molecule has 0 aromatic heterocycles. The van der Waals surface area contributed by atoms with E-state index in [1.54, 1.807) is 18.2 Å². The van der Waals surface area contributed by atoms with Crippen LogP contribution >= 0.6 is 11.6 Å². The molecule has 2 rings (SSSR count). The van der Waals surface area contributed by atoms with Gasteiger partial charge in [-0.1, -0.05) is 36.4 Å². The van der Waals surface area contributed by atoms with E-state index in [0.29, 0.717) is 10.7 Å². The highest BCUT2D eigenvalue weighted by Crippen LogP contribution is 2.22. The Labute approximate surface area is 116 Å². The second-order valence-corrected chi connectivity index (χ2v) is 4.38. The van der Waals surface area contributed by atoms with Gasteiger partial charge in [0.25, 0.3) is 5.91 Å². The van der Waals surface area contributed by atoms with Crippen LogP contribution in [-0.4, -0.2) is 11.0 Å². The number of hydrogen-bond donors (Lipinski definition) is 2. The number of aromatic hydroxyl groups is 1. The zero-order valence-corrected chi connectivity index (χ0v) is 10.8. The molecule has 2 aromatic carbocycles. The molecular weight excluding hydrogens is 262 g/mol. The van der Waals surface area contributed by atoms with Crippen molar-refractivity contribution in [1.82, 2.24) is 0 Å². The Balaban J connectivity index is 2.20. The van der Waals surface area contributed by atoms with Crippen molar-refractivity contribution in [3.63, 3.8) is 0 Å². The number of carbonyl (C=O) groups excluding carboxylic acids is 1. The SMILES string of the molecule is C=Cc1ccc(NC(=O)c2cc(Cl)ccc2O)cc1. The Hall–Kier alpha value is -2.26. The third-order valence-electron chi connectivity index (χ3n) is 2.61. The largest absolute Gasteiger partial charge is 0.507 e. The highest BCUT2D eigenvalue weighted by atomic mass is 35.5. The summed E-state index contributed by atoms with van der Waals surface area (Å²) in [4.78, 5) is 12.0. The van der Waals surface area contributed by atoms with E-state index in [2.05, 4.69) is 11.9 Å². The second-order valence-electron chi connectivity index (χ2n) is 3.94. The van der Waals surface area contributed by atoms with Crippen molar-refractivity contribution < 1.29 is 9.90 Å². The van der Waals surface area contributed by atoms with E-state index in [9.17, 15) is 9.90 Å². The molecule has 0 saturated carbocycles. The van der Waals surface area contributed by atoms with Gasteiger partial charge in [-0.15, -0.1) is 0 Å². The topological polar surface area (TPSA) is 49.3 Å². The average molecular weight is 274 g/mol. The molecule has 0 radical (unpaired) electrons. The zero-order valence-electron chi connectivity index (χ0n) is 10.1. The molecule has 0 heterocycles. The van der Waals surface area contributed by atoms with Crippen LogP contribution in [0.25, 0.3) is 6.08 Å². The lowest BCUT2D eigenvalue weighted by atomic mass is 10.1. The minimum Gasteiger partial charge on any atom is -0.507 e. The summed E-state index contributed by atoms with van der Waals surface area (Å²) in [7, 11) is 0. The number of phenolic OH excluding ortho intramolecular Hbond substituents is 1. The first kappa shape index (κ1) is 13.2. The van der Waals surface area contributed by atoms with E-state index in [1.165, 1.54) is 18.2 Å². The van der Waals surface area contributed by atoms with E-state index < -0.39 is 5.91 Å². The summed E-state index contributed by atoms with van der Waals surface area (Å²) >= 11 is 5.80. The summed E-state index contributed by atoms with van der Waals surface area (Å²) in [6, 6.07) is 11.5. The van der Waals surface area contributed by atoms with Crippen molar-refractivity contribution in [2.75, 3.05) is 5.32 Å². The fourth-order valence-electron chi connectivity index (χ4n) is 1.59. The highest BCUT2D eigenvalue weighted by molar-refractivity contribution is 6.31. The van der Waals surface area contributed by atoms with E-state index in [4.69, 9.17) is 11.6 Å². The smallest absolute Gasteiger partial charge is 0.259 e. The normalized spacial score (nSPS) is 9.95. The number of phenols is 1. The molecule has 0 aliphatic rings. The number of amides is 1. The van der Waals surface area contributed by atoms with Crippen LogP contribution in [-0.2, 0) is 0 Å². The minimum absolute atomic E-state index is 0.107. The van der Waals surface area contributed by atoms with Crippen LogP contribution in [0.1, 0.15) is 15.9 Å². The van der Waals surface area contributed by atoms with Gasteiger partial charge < -0.3 is 10.4 Å². The first-order valence-corrected chi connectivity index (χ1v) is 6.00. The van der Waals surface area contributed by atoms with Crippen molar-refractivity contribution in [1.29, 1.82) is 0 Å². The van der Waals surface area contributed by atoms with Crippen LogP contribution in [0.5, 0.6) is 5.75 Å². The van der Waals surface area contributed by atoms with Gasteiger partial charge >= 0.3 is 0 Å². The standard InChI is InChI=1S/C15H12ClNO2/c1-2-10-3-6-12(7-4-10)17-15(19)13-9-11(16)5-8-14(13)18/h2-9,18H,1H2,(H,17,19). The van der Waals surface area contributed by atoms with Gasteiger partial charge in [-0.3, -0.25) is 4.79 Å². The first-order valence-electron chi connectivity index (χ1n) is 5.62. The van der Waals surface area contributed by atoms with Gasteiger partial charge in [0.05, 0.1) is 5.56 Å². The third kappa shape index (κ3) is 3.14. The number of carbonyl (C=O) groups is 1. The fourth-order valence-corrected chi connectivity index (χ4v) is 1.76. The Kier molecular flexibility index (Phi) is 3.88. The van der Waals surface area contributed by atoms with E-state index >= 15 is 0 Å². The van der Waals surface area contributed by atoms with Crippen molar-refractivity contribution in [2.45, 2.75) is 0 Å². The molecule has 4 heteroatoms. The third-order valence-corrected chi connectivity index (χ3v) is 2.84. The number of benzene rings is 2. The van der Waals surface area contributed by atoms with E-state index in [1.807, 2.05) is 12.1 Å². The van der Waals surface area contributed by atoms with E-state index in [-0.39, 0.29) is 11.3 Å². The summed E-state index contributed by atoms with van der Waals surface area (Å²) in [5.74, 6) is -0.518. The minimum atomic E-state index is -0.411. The van der Waals surface area contributed by atoms with Gasteiger partial charge in [-0.2, -0.15) is 0 Å². The molecule has 0 unspecified atom stereocenters. The Bertz CT molecular complexity index is 621. The van der Waals surface area contributed by atoms with E-state index in [0.717, 1.165) is 5.56 Å². The molecule has 0 saturated heterocycles. The fraction of sp³-hybridized carbons (Fsp3) is 0. The summed E-state index contributed by atoms with van der Waals surface area (Å²) in [5, 5.41) is 12.7. The molecule has 0 aliphatic heterocycles. The maximum absolute atomic E-state index is 12.0. The molecule has 19 heavy (non-hydrogen) atoms. The molecule has 3 nitrogen and oxygen atoms in total. The number of halogens is 1. The maximum Gasteiger partial charge on any atom is 0.259 e. The molecule has 1 amide bonds. The van der Waals surface area contributed by atoms with Crippen molar-refractivity contribution >= 4 is 29.3 Å². The van der Waals surface area contributed by atoms with Crippen LogP contribution in [0, 0.1) is 0 Å². The summed E-state index contributed by atoms with van der Waals surface area (Å²) in [5.41, 5.74) is 1.74. The maximum atomic E-state index is 12.0. The van der Waals surface area contributed by atoms with Gasteiger partial charge in [0.2, 0.25) is 0 Å². The van der Waals surface area contributed by atoms with Gasteiger partial charge in [0.15, 0.2) is 0 Å². The molecule has 0 atom stereocenters. The lowest BCUT2D eigenvalue weighted by Crippen LogP contribution is -2.12. The highest BCUT2D eigenvalue weighted by Gasteiger charge is 2.11. The van der Waals surface area contributed by atoms with Crippen LogP contribution in [0.15, 0.2) is 49.0 Å². The Morgan fingerprint density at radius 1 is 1.21 bits per heavy atom. The van der Waals surface area contributed by atoms with Crippen molar-refractivity contribution in [3.05, 3.63) is 65.2 Å². The van der Waals surface area contributed by atoms with Crippen molar-refractivity contribution in [2.24, 2.45) is 0 Å². The quantitative estimate of drug-likeness (QED) is 0.890. The Morgan fingerprint density at radius 2 is 1.89 bits per heavy atom. The van der Waals surface area contributed by atoms with Crippen molar-refractivity contribution in [3.8, 4) is 5.75 Å². The average Bonchev–Trinajstić information content (AvgIpc) is 2.42. The van der Waals surface area contributed by atoms with Crippen LogP contribution in [0.4, 0.5) is 5.69 Å². The number of nitrogens with one attached hydrogen (secondary N) is 1. The van der Waals surface area contributed by atoms with Crippen LogP contribution in [0.2, 0.25) is 5.02 Å². The van der Waals surface area contributed by atoms with Gasteiger partial charge in [0, 0.05) is 10.7 Å². The van der Waals surface area contributed by atoms with Gasteiger partial charge in [0.1, 0.15) is 5.75 Å². The summed E-state index contributed by atoms with van der Waals surface area (Å²) in [6.07, 6.45) is 1.72. The predicted octanol–water partition coefficient (Wildman–Crippen LogP) is 3.94. The summed E-state index contributed by atoms with van der Waals surface area (Å²) in [6.45, 7) is 3.66. The molecule has 0 spiro atoms. The van der Waals surface area contributed by atoms with Gasteiger partial charge in [-0.25, -0.2) is 0 Å². The second kappa shape index (κ2) is 5.59. The Morgan fingerprint density at radius 3 is 2.53 bits per heavy atom. The first-order chi connectivity index (χ1) is 9.10.